The molecular formula is C23H31N2O4+. The highest BCUT2D eigenvalue weighted by Crippen LogP contribution is 2.31. The summed E-state index contributed by atoms with van der Waals surface area (Å²) in [4.78, 5) is 16.2. The van der Waals surface area contributed by atoms with E-state index in [0.717, 1.165) is 49.8 Å². The van der Waals surface area contributed by atoms with Crippen LogP contribution in [-0.2, 0) is 17.8 Å². The van der Waals surface area contributed by atoms with Gasteiger partial charge in [-0.05, 0) is 42.3 Å². The van der Waals surface area contributed by atoms with Crippen LogP contribution in [0.5, 0.6) is 17.2 Å². The number of aryl methyl sites for hydroxylation is 1. The molecule has 0 aromatic heterocycles. The lowest BCUT2D eigenvalue weighted by atomic mass is 10.1. The highest BCUT2D eigenvalue weighted by molar-refractivity contribution is 5.76. The van der Waals surface area contributed by atoms with Gasteiger partial charge < -0.3 is 24.0 Å². The number of benzene rings is 2. The molecule has 1 heterocycles. The molecule has 1 fully saturated rings. The molecular weight excluding hydrogens is 368 g/mol. The lowest BCUT2D eigenvalue weighted by Gasteiger charge is -2.32. The lowest BCUT2D eigenvalue weighted by Crippen LogP contribution is -3.13. The first-order valence-electron chi connectivity index (χ1n) is 10.1. The molecule has 0 bridgehead atoms. The Morgan fingerprint density at radius 2 is 1.69 bits per heavy atom. The van der Waals surface area contributed by atoms with E-state index in [-0.39, 0.29) is 5.91 Å². The van der Waals surface area contributed by atoms with Crippen LogP contribution in [0.2, 0.25) is 0 Å². The zero-order valence-corrected chi connectivity index (χ0v) is 17.6. The van der Waals surface area contributed by atoms with Gasteiger partial charge in [0.1, 0.15) is 12.3 Å². The Balaban J connectivity index is 1.47. The van der Waals surface area contributed by atoms with Gasteiger partial charge in [0.05, 0.1) is 47.5 Å². The predicted molar refractivity (Wildman–Crippen MR) is 112 cm³/mol. The van der Waals surface area contributed by atoms with E-state index in [0.29, 0.717) is 18.6 Å². The normalized spacial score (nSPS) is 14.5. The van der Waals surface area contributed by atoms with Crippen LogP contribution in [0.25, 0.3) is 0 Å². The number of amides is 1. The summed E-state index contributed by atoms with van der Waals surface area (Å²) in [5.41, 5.74) is 2.30. The van der Waals surface area contributed by atoms with Crippen LogP contribution in [-0.4, -0.2) is 58.3 Å². The summed E-state index contributed by atoms with van der Waals surface area (Å²) in [6.07, 6.45) is 1.13. The fourth-order valence-corrected chi connectivity index (χ4v) is 3.83. The largest absolute Gasteiger partial charge is 0.497 e. The maximum atomic E-state index is 12.7. The molecule has 3 rings (SSSR count). The van der Waals surface area contributed by atoms with Crippen LogP contribution in [0.4, 0.5) is 0 Å². The number of piperazine rings is 1. The highest BCUT2D eigenvalue weighted by Gasteiger charge is 2.24. The van der Waals surface area contributed by atoms with E-state index in [4.69, 9.17) is 14.2 Å². The monoisotopic (exact) mass is 399 g/mol. The molecule has 6 heteroatoms. The van der Waals surface area contributed by atoms with Gasteiger partial charge in [-0.25, -0.2) is 0 Å². The van der Waals surface area contributed by atoms with Crippen LogP contribution in [0.1, 0.15) is 17.5 Å². The van der Waals surface area contributed by atoms with E-state index in [9.17, 15) is 4.79 Å². The van der Waals surface area contributed by atoms with Gasteiger partial charge in [-0.3, -0.25) is 4.79 Å². The van der Waals surface area contributed by atoms with Gasteiger partial charge in [-0.1, -0.05) is 12.1 Å². The molecule has 1 N–H and O–H groups in total. The molecule has 6 nitrogen and oxygen atoms in total. The average Bonchev–Trinajstić information content (AvgIpc) is 2.78. The Kier molecular flexibility index (Phi) is 7.36. The minimum absolute atomic E-state index is 0.207. The Morgan fingerprint density at radius 3 is 2.31 bits per heavy atom. The second-order valence-electron chi connectivity index (χ2n) is 7.31. The molecule has 1 amide bonds. The summed E-state index contributed by atoms with van der Waals surface area (Å²) >= 11 is 0. The Labute approximate surface area is 173 Å². The second kappa shape index (κ2) is 10.2. The zero-order chi connectivity index (χ0) is 20.6. The third-order valence-corrected chi connectivity index (χ3v) is 5.53. The summed E-state index contributed by atoms with van der Waals surface area (Å²) in [5, 5.41) is 0. The predicted octanol–water partition coefficient (Wildman–Crippen LogP) is 1.57. The van der Waals surface area contributed by atoms with Crippen molar-refractivity contribution in [3.8, 4) is 17.2 Å². The van der Waals surface area contributed by atoms with Crippen molar-refractivity contribution in [3.05, 3.63) is 53.6 Å². The van der Waals surface area contributed by atoms with E-state index in [1.807, 2.05) is 35.2 Å². The molecule has 0 spiro atoms. The molecule has 1 saturated heterocycles. The summed E-state index contributed by atoms with van der Waals surface area (Å²) in [6.45, 7) is 4.53. The maximum absolute atomic E-state index is 12.7. The summed E-state index contributed by atoms with van der Waals surface area (Å²) < 4.78 is 16.0. The first-order chi connectivity index (χ1) is 14.1. The fraction of sp³-hybridized carbons (Fsp3) is 0.435. The number of carbonyl (C=O) groups is 1. The molecule has 29 heavy (non-hydrogen) atoms. The van der Waals surface area contributed by atoms with Crippen LogP contribution in [0.3, 0.4) is 0 Å². The van der Waals surface area contributed by atoms with Crippen molar-refractivity contribution in [1.29, 1.82) is 0 Å². The number of para-hydroxylation sites is 1. The number of quaternary nitrogens is 1. The maximum Gasteiger partial charge on any atom is 0.223 e. The van der Waals surface area contributed by atoms with E-state index >= 15 is 0 Å². The quantitative estimate of drug-likeness (QED) is 0.732. The first kappa shape index (κ1) is 21.0. The number of hydrogen-bond acceptors (Lipinski definition) is 4. The van der Waals surface area contributed by atoms with Crippen molar-refractivity contribution >= 4 is 5.91 Å². The summed E-state index contributed by atoms with van der Waals surface area (Å²) in [7, 11) is 4.94. The third kappa shape index (κ3) is 5.41. The summed E-state index contributed by atoms with van der Waals surface area (Å²) in [6, 6.07) is 14.0. The second-order valence-corrected chi connectivity index (χ2v) is 7.31. The lowest BCUT2D eigenvalue weighted by molar-refractivity contribution is -0.917. The Bertz CT molecular complexity index is 799. The smallest absolute Gasteiger partial charge is 0.223 e. The van der Waals surface area contributed by atoms with E-state index in [1.54, 1.807) is 21.3 Å². The van der Waals surface area contributed by atoms with Crippen molar-refractivity contribution < 1.29 is 23.9 Å². The average molecular weight is 400 g/mol. The molecule has 156 valence electrons. The first-order valence-corrected chi connectivity index (χ1v) is 10.1. The molecule has 1 aliphatic heterocycles. The number of nitrogens with zero attached hydrogens (tertiary/aromatic N) is 1. The number of ether oxygens (including phenoxy) is 3. The number of methoxy groups -OCH3 is 3. The molecule has 0 unspecified atom stereocenters. The minimum Gasteiger partial charge on any atom is -0.497 e. The van der Waals surface area contributed by atoms with Gasteiger partial charge >= 0.3 is 0 Å². The molecule has 1 aliphatic rings. The van der Waals surface area contributed by atoms with Crippen molar-refractivity contribution in [2.24, 2.45) is 0 Å². The topological polar surface area (TPSA) is 52.4 Å². The van der Waals surface area contributed by atoms with Gasteiger partial charge in [0.15, 0.2) is 11.5 Å². The molecule has 0 atom stereocenters. The molecule has 2 aromatic rings. The molecule has 0 aliphatic carbocycles. The van der Waals surface area contributed by atoms with Crippen molar-refractivity contribution in [1.82, 2.24) is 4.90 Å². The van der Waals surface area contributed by atoms with Crippen LogP contribution >= 0.6 is 0 Å². The van der Waals surface area contributed by atoms with Crippen molar-refractivity contribution in [2.75, 3.05) is 47.5 Å². The third-order valence-electron chi connectivity index (χ3n) is 5.53. The zero-order valence-electron chi connectivity index (χ0n) is 17.6. The SMILES string of the molecule is COc1ccc(C[NH+]2CCN(C(=O)CCc3cccc(OC)c3OC)CC2)cc1. The summed E-state index contributed by atoms with van der Waals surface area (Å²) in [5.74, 6) is 2.51. The fourth-order valence-electron chi connectivity index (χ4n) is 3.83. The van der Waals surface area contributed by atoms with Gasteiger partial charge in [-0.2, -0.15) is 0 Å². The van der Waals surface area contributed by atoms with Crippen molar-refractivity contribution in [2.45, 2.75) is 19.4 Å². The molecule has 0 radical (unpaired) electrons. The number of carbonyl (C=O) groups excluding carboxylic acids is 1. The Hall–Kier alpha value is -2.73. The van der Waals surface area contributed by atoms with Crippen LogP contribution < -0.4 is 19.1 Å². The number of nitrogens with one attached hydrogen (secondary N) is 1. The van der Waals surface area contributed by atoms with E-state index < -0.39 is 0 Å². The number of hydrogen-bond donors (Lipinski definition) is 1. The molecule has 0 saturated carbocycles. The van der Waals surface area contributed by atoms with Gasteiger partial charge in [0, 0.05) is 12.0 Å². The van der Waals surface area contributed by atoms with Gasteiger partial charge in [0.25, 0.3) is 0 Å². The number of rotatable bonds is 8. The van der Waals surface area contributed by atoms with Crippen LogP contribution in [0, 0.1) is 0 Å². The minimum atomic E-state index is 0.207. The van der Waals surface area contributed by atoms with Crippen molar-refractivity contribution in [3.63, 3.8) is 0 Å². The standard InChI is InChI=1S/C23H30N2O4/c1-27-20-10-7-18(8-11-20)17-24-13-15-25(16-14-24)22(26)12-9-19-5-4-6-21(28-2)23(19)29-3/h4-8,10-11H,9,12-17H2,1-3H3/p+1. The molecule has 2 aromatic carbocycles. The van der Waals surface area contributed by atoms with E-state index in [2.05, 4.69) is 12.1 Å². The van der Waals surface area contributed by atoms with E-state index in [1.165, 1.54) is 10.5 Å². The highest BCUT2D eigenvalue weighted by atomic mass is 16.5. The van der Waals surface area contributed by atoms with Gasteiger partial charge in [0.2, 0.25) is 5.91 Å². The van der Waals surface area contributed by atoms with Crippen LogP contribution in [0.15, 0.2) is 42.5 Å². The van der Waals surface area contributed by atoms with Gasteiger partial charge in [-0.15, -0.1) is 0 Å². The Morgan fingerprint density at radius 1 is 0.966 bits per heavy atom.